The predicted molar refractivity (Wildman–Crippen MR) is 92.1 cm³/mol. The molecule has 0 bridgehead atoms. The van der Waals surface area contributed by atoms with E-state index < -0.39 is 26.6 Å². The number of sulfonamides is 1. The molecule has 3 rings (SSSR count). The van der Waals surface area contributed by atoms with Crippen LogP contribution < -0.4 is 10.0 Å². The van der Waals surface area contributed by atoms with Crippen LogP contribution in [0.1, 0.15) is 34.3 Å². The molecule has 0 heterocycles. The highest BCUT2D eigenvalue weighted by atomic mass is 32.2. The van der Waals surface area contributed by atoms with Crippen molar-refractivity contribution in [1.29, 1.82) is 5.26 Å². The summed E-state index contributed by atoms with van der Waals surface area (Å²) in [5.41, 5.74) is 1.24. The predicted octanol–water partition coefficient (Wildman–Crippen LogP) is 2.07. The lowest BCUT2D eigenvalue weighted by molar-refractivity contribution is 0.0950. The third-order valence-corrected chi connectivity index (χ3v) is 5.43. The molecule has 2 aromatic carbocycles. The topological polar surface area (TPSA) is 99.1 Å². The van der Waals surface area contributed by atoms with E-state index in [2.05, 4.69) is 10.0 Å². The van der Waals surface area contributed by atoms with Crippen molar-refractivity contribution in [3.8, 4) is 6.07 Å². The summed E-state index contributed by atoms with van der Waals surface area (Å²) in [5, 5.41) is 11.5. The Morgan fingerprint density at radius 3 is 2.69 bits per heavy atom. The number of nitrogens with one attached hydrogen (secondary N) is 2. The SMILES string of the molecule is N#Cc1cccc(CNC(=O)c2ccc(F)c(S(=O)(=O)NC3CC3)c2)c1. The normalized spacial score (nSPS) is 13.8. The molecule has 6 nitrogen and oxygen atoms in total. The highest BCUT2D eigenvalue weighted by Gasteiger charge is 2.30. The van der Waals surface area contributed by atoms with Gasteiger partial charge in [-0.15, -0.1) is 0 Å². The molecular weight excluding hydrogens is 357 g/mol. The number of carbonyl (C=O) groups is 1. The minimum atomic E-state index is -4.00. The van der Waals surface area contributed by atoms with Crippen LogP contribution in [0.4, 0.5) is 4.39 Å². The van der Waals surface area contributed by atoms with Gasteiger partial charge in [0.05, 0.1) is 11.6 Å². The van der Waals surface area contributed by atoms with Crippen LogP contribution in [0.25, 0.3) is 0 Å². The van der Waals surface area contributed by atoms with Gasteiger partial charge in [-0.3, -0.25) is 4.79 Å². The van der Waals surface area contributed by atoms with Gasteiger partial charge in [0.2, 0.25) is 10.0 Å². The number of carbonyl (C=O) groups excluding carboxylic acids is 1. The molecule has 1 aliphatic rings. The minimum absolute atomic E-state index is 0.0407. The van der Waals surface area contributed by atoms with E-state index in [4.69, 9.17) is 5.26 Å². The molecule has 0 unspecified atom stereocenters. The lowest BCUT2D eigenvalue weighted by Crippen LogP contribution is -2.28. The maximum atomic E-state index is 14.0. The molecule has 0 radical (unpaired) electrons. The van der Waals surface area contributed by atoms with Gasteiger partial charge in [0.1, 0.15) is 10.7 Å². The zero-order valence-corrected chi connectivity index (χ0v) is 14.5. The van der Waals surface area contributed by atoms with E-state index in [0.29, 0.717) is 5.56 Å². The van der Waals surface area contributed by atoms with Crippen LogP contribution in [0.3, 0.4) is 0 Å². The van der Waals surface area contributed by atoms with Crippen molar-refractivity contribution >= 4 is 15.9 Å². The van der Waals surface area contributed by atoms with Gasteiger partial charge >= 0.3 is 0 Å². The molecule has 134 valence electrons. The number of benzene rings is 2. The monoisotopic (exact) mass is 373 g/mol. The maximum Gasteiger partial charge on any atom is 0.251 e. The molecule has 0 saturated heterocycles. The van der Waals surface area contributed by atoms with Crippen LogP contribution >= 0.6 is 0 Å². The van der Waals surface area contributed by atoms with Gasteiger partial charge in [-0.05, 0) is 48.7 Å². The average molecular weight is 373 g/mol. The summed E-state index contributed by atoms with van der Waals surface area (Å²) < 4.78 is 40.8. The van der Waals surface area contributed by atoms with Gasteiger partial charge in [0.25, 0.3) is 5.91 Å². The Morgan fingerprint density at radius 1 is 1.23 bits per heavy atom. The van der Waals surface area contributed by atoms with Crippen LogP contribution in [0, 0.1) is 17.1 Å². The van der Waals surface area contributed by atoms with Gasteiger partial charge in [-0.1, -0.05) is 12.1 Å². The molecule has 1 amide bonds. The second kappa shape index (κ2) is 7.23. The highest BCUT2D eigenvalue weighted by molar-refractivity contribution is 7.89. The van der Waals surface area contributed by atoms with Crippen molar-refractivity contribution in [2.24, 2.45) is 0 Å². The lowest BCUT2D eigenvalue weighted by atomic mass is 10.1. The van der Waals surface area contributed by atoms with Crippen LogP contribution in [0.2, 0.25) is 0 Å². The first-order valence-corrected chi connectivity index (χ1v) is 9.46. The van der Waals surface area contributed by atoms with Crippen molar-refractivity contribution in [3.63, 3.8) is 0 Å². The number of hydrogen-bond acceptors (Lipinski definition) is 4. The van der Waals surface area contributed by atoms with Crippen LogP contribution in [0.15, 0.2) is 47.4 Å². The molecule has 1 aliphatic carbocycles. The van der Waals surface area contributed by atoms with Crippen molar-refractivity contribution in [1.82, 2.24) is 10.0 Å². The van der Waals surface area contributed by atoms with E-state index in [0.717, 1.165) is 30.5 Å². The van der Waals surface area contributed by atoms with Crippen LogP contribution in [-0.2, 0) is 16.6 Å². The van der Waals surface area contributed by atoms with E-state index in [9.17, 15) is 17.6 Å². The zero-order valence-electron chi connectivity index (χ0n) is 13.7. The Bertz CT molecular complexity index is 995. The molecule has 2 N–H and O–H groups in total. The molecule has 0 spiro atoms. The number of rotatable bonds is 6. The fourth-order valence-corrected chi connectivity index (χ4v) is 3.78. The van der Waals surface area contributed by atoms with Gasteiger partial charge < -0.3 is 5.32 Å². The first-order chi connectivity index (χ1) is 12.4. The van der Waals surface area contributed by atoms with Gasteiger partial charge in [-0.2, -0.15) is 5.26 Å². The quantitative estimate of drug-likeness (QED) is 0.810. The molecule has 0 aromatic heterocycles. The Hall–Kier alpha value is -2.76. The van der Waals surface area contributed by atoms with Gasteiger partial charge in [0.15, 0.2) is 0 Å². The summed E-state index contributed by atoms with van der Waals surface area (Å²) in [4.78, 5) is 11.7. The third-order valence-electron chi connectivity index (χ3n) is 3.89. The summed E-state index contributed by atoms with van der Waals surface area (Å²) in [6.07, 6.45) is 1.45. The summed E-state index contributed by atoms with van der Waals surface area (Å²) >= 11 is 0. The first kappa shape index (κ1) is 18.0. The van der Waals surface area contributed by atoms with Crippen molar-refractivity contribution in [2.45, 2.75) is 30.3 Å². The number of nitriles is 1. The summed E-state index contributed by atoms with van der Waals surface area (Å²) in [6, 6.07) is 11.8. The number of halogens is 1. The van der Waals surface area contributed by atoms with E-state index in [1.54, 1.807) is 24.3 Å². The summed E-state index contributed by atoms with van der Waals surface area (Å²) in [6.45, 7) is 0.161. The summed E-state index contributed by atoms with van der Waals surface area (Å²) in [7, 11) is -4.00. The zero-order chi connectivity index (χ0) is 18.7. The van der Waals surface area contributed by atoms with E-state index in [1.165, 1.54) is 6.07 Å². The molecule has 0 atom stereocenters. The second-order valence-electron chi connectivity index (χ2n) is 6.04. The molecule has 2 aromatic rings. The number of hydrogen-bond donors (Lipinski definition) is 2. The average Bonchev–Trinajstić information content (AvgIpc) is 3.43. The smallest absolute Gasteiger partial charge is 0.251 e. The largest absolute Gasteiger partial charge is 0.348 e. The Morgan fingerprint density at radius 2 is 2.00 bits per heavy atom. The Balaban J connectivity index is 1.75. The van der Waals surface area contributed by atoms with Crippen LogP contribution in [0.5, 0.6) is 0 Å². The molecular formula is C18H16FN3O3S. The summed E-state index contributed by atoms with van der Waals surface area (Å²) in [5.74, 6) is -1.44. The maximum absolute atomic E-state index is 14.0. The van der Waals surface area contributed by atoms with Crippen molar-refractivity contribution < 1.29 is 17.6 Å². The molecule has 26 heavy (non-hydrogen) atoms. The van der Waals surface area contributed by atoms with Gasteiger partial charge in [0, 0.05) is 18.2 Å². The number of amides is 1. The van der Waals surface area contributed by atoms with Crippen molar-refractivity contribution in [3.05, 3.63) is 65.0 Å². The third kappa shape index (κ3) is 4.25. The fraction of sp³-hybridized carbons (Fsp3) is 0.222. The van der Waals surface area contributed by atoms with E-state index in [-0.39, 0.29) is 18.2 Å². The Labute approximate surface area is 150 Å². The molecule has 0 aliphatic heterocycles. The van der Waals surface area contributed by atoms with Crippen LogP contribution in [-0.4, -0.2) is 20.4 Å². The molecule has 1 saturated carbocycles. The lowest BCUT2D eigenvalue weighted by Gasteiger charge is -2.10. The minimum Gasteiger partial charge on any atom is -0.348 e. The van der Waals surface area contributed by atoms with Gasteiger partial charge in [-0.25, -0.2) is 17.5 Å². The molecule has 1 fully saturated rings. The Kier molecular flexibility index (Phi) is 5.02. The van der Waals surface area contributed by atoms with E-state index in [1.807, 2.05) is 6.07 Å². The highest BCUT2D eigenvalue weighted by Crippen LogP contribution is 2.24. The second-order valence-corrected chi connectivity index (χ2v) is 7.72. The first-order valence-electron chi connectivity index (χ1n) is 7.98. The number of nitrogens with zero attached hydrogens (tertiary/aromatic N) is 1. The van der Waals surface area contributed by atoms with E-state index >= 15 is 0 Å². The van der Waals surface area contributed by atoms with Crippen molar-refractivity contribution in [2.75, 3.05) is 0 Å². The fourth-order valence-electron chi connectivity index (χ4n) is 2.37. The molecule has 8 heteroatoms. The standard InChI is InChI=1S/C18H16FN3O3S/c19-16-7-4-14(9-17(16)26(24,25)22-15-5-6-15)18(23)21-11-13-3-1-2-12(8-13)10-20/h1-4,7-9,15,22H,5-6,11H2,(H,21,23).